The Hall–Kier alpha value is -4.25. The number of fused-ring (bicyclic) bond motifs is 3. The Labute approximate surface area is 194 Å². The molecule has 0 fully saturated rings. The van der Waals surface area contributed by atoms with E-state index in [1.54, 1.807) is 0 Å². The van der Waals surface area contributed by atoms with E-state index in [1.165, 1.54) is 0 Å². The highest BCUT2D eigenvalue weighted by Crippen LogP contribution is 2.44. The van der Waals surface area contributed by atoms with Crippen LogP contribution in [0.1, 0.15) is 34.0 Å². The van der Waals surface area contributed by atoms with Gasteiger partial charge in [-0.3, -0.25) is 14.9 Å². The average molecular weight is 466 g/mol. The lowest BCUT2D eigenvalue weighted by Crippen LogP contribution is -2.29. The van der Waals surface area contributed by atoms with Gasteiger partial charge in [-0.15, -0.1) is 0 Å². The van der Waals surface area contributed by atoms with Crippen LogP contribution < -0.4 is 10.6 Å². The lowest BCUT2D eigenvalue weighted by Gasteiger charge is -2.14. The van der Waals surface area contributed by atoms with Crippen LogP contribution in [-0.4, -0.2) is 59.8 Å². The second-order valence-electron chi connectivity index (χ2n) is 7.42. The summed E-state index contributed by atoms with van der Waals surface area (Å²) >= 11 is 0. The maximum Gasteiger partial charge on any atom is 0.412 e. The monoisotopic (exact) mass is 466 g/mol. The van der Waals surface area contributed by atoms with Gasteiger partial charge in [-0.1, -0.05) is 48.5 Å². The molecule has 0 saturated heterocycles. The number of carboxylic acid groups (broad SMARTS) is 1. The van der Waals surface area contributed by atoms with Crippen LogP contribution in [0.4, 0.5) is 10.6 Å². The Kier molecular flexibility index (Phi) is 7.13. The first-order valence-corrected chi connectivity index (χ1v) is 10.6. The van der Waals surface area contributed by atoms with Crippen molar-refractivity contribution in [2.24, 2.45) is 0 Å². The van der Waals surface area contributed by atoms with Crippen molar-refractivity contribution < 1.29 is 33.6 Å². The topological polar surface area (TPSA) is 153 Å². The predicted molar refractivity (Wildman–Crippen MR) is 118 cm³/mol. The zero-order valence-corrected chi connectivity index (χ0v) is 18.0. The van der Waals surface area contributed by atoms with E-state index in [2.05, 4.69) is 25.6 Å². The van der Waals surface area contributed by atoms with Crippen LogP contribution >= 0.6 is 0 Å². The molecule has 176 valence electrons. The summed E-state index contributed by atoms with van der Waals surface area (Å²) in [5.74, 6) is -1.90. The van der Waals surface area contributed by atoms with Crippen LogP contribution in [0.5, 0.6) is 0 Å². The molecule has 2 aromatic carbocycles. The number of carbonyl (C=O) groups excluding carboxylic acids is 2. The van der Waals surface area contributed by atoms with Crippen molar-refractivity contribution in [2.45, 2.75) is 12.3 Å². The maximum atomic E-state index is 12.4. The van der Waals surface area contributed by atoms with E-state index in [9.17, 15) is 14.4 Å². The van der Waals surface area contributed by atoms with Gasteiger partial charge >= 0.3 is 12.1 Å². The maximum absolute atomic E-state index is 12.4. The molecular formula is C23H22N4O7. The van der Waals surface area contributed by atoms with Gasteiger partial charge in [0.25, 0.3) is 5.91 Å². The third-order valence-corrected chi connectivity index (χ3v) is 5.26. The number of amides is 2. The third-order valence-electron chi connectivity index (χ3n) is 5.26. The highest BCUT2D eigenvalue weighted by atomic mass is 16.6. The standard InChI is InChI=1S/C23H22N4O7/c28-19(29)9-11-32-12-10-24-22(30)20-21(27-34-26-20)25-23(31)33-13-18-16-7-3-1-5-14(16)15-6-2-4-8-17(15)18/h1-8,18H,9-13H2,(H,24,30)(H,28,29)(H,25,27,31). The van der Waals surface area contributed by atoms with Crippen LogP contribution in [0.15, 0.2) is 53.2 Å². The minimum atomic E-state index is -0.971. The van der Waals surface area contributed by atoms with E-state index in [0.29, 0.717) is 0 Å². The molecule has 4 rings (SSSR count). The molecule has 0 aliphatic heterocycles. The van der Waals surface area contributed by atoms with Gasteiger partial charge < -0.3 is 19.9 Å². The summed E-state index contributed by atoms with van der Waals surface area (Å²) < 4.78 is 15.1. The number of anilines is 1. The fourth-order valence-electron chi connectivity index (χ4n) is 3.73. The largest absolute Gasteiger partial charge is 0.481 e. The second-order valence-corrected chi connectivity index (χ2v) is 7.42. The molecule has 1 heterocycles. The van der Waals surface area contributed by atoms with Gasteiger partial charge in [0.15, 0.2) is 0 Å². The fraction of sp³-hybridized carbons (Fsp3) is 0.261. The van der Waals surface area contributed by atoms with E-state index in [-0.39, 0.29) is 50.2 Å². The molecular weight excluding hydrogens is 444 g/mol. The Morgan fingerprint density at radius 2 is 1.65 bits per heavy atom. The summed E-state index contributed by atoms with van der Waals surface area (Å²) in [6, 6.07) is 15.9. The van der Waals surface area contributed by atoms with Crippen molar-refractivity contribution in [2.75, 3.05) is 31.7 Å². The zero-order chi connectivity index (χ0) is 23.9. The second kappa shape index (κ2) is 10.6. The first-order chi connectivity index (χ1) is 16.5. The van der Waals surface area contributed by atoms with Crippen molar-refractivity contribution in [3.05, 3.63) is 65.4 Å². The van der Waals surface area contributed by atoms with Crippen LogP contribution in [0.3, 0.4) is 0 Å². The molecule has 1 aromatic heterocycles. The summed E-state index contributed by atoms with van der Waals surface area (Å²) in [4.78, 5) is 35.1. The van der Waals surface area contributed by atoms with Gasteiger partial charge in [-0.05, 0) is 32.6 Å². The Balaban J connectivity index is 1.30. The lowest BCUT2D eigenvalue weighted by atomic mass is 9.98. The number of rotatable bonds is 10. The van der Waals surface area contributed by atoms with Crippen molar-refractivity contribution in [3.8, 4) is 11.1 Å². The fourth-order valence-corrected chi connectivity index (χ4v) is 3.73. The number of nitrogens with zero attached hydrogens (tertiary/aromatic N) is 2. The van der Waals surface area contributed by atoms with Crippen molar-refractivity contribution in [3.63, 3.8) is 0 Å². The number of aromatic nitrogens is 2. The summed E-state index contributed by atoms with van der Waals surface area (Å²) in [6.07, 6.45) is -0.932. The summed E-state index contributed by atoms with van der Waals surface area (Å²) in [7, 11) is 0. The normalized spacial score (nSPS) is 12.0. The molecule has 34 heavy (non-hydrogen) atoms. The smallest absolute Gasteiger partial charge is 0.412 e. The van der Waals surface area contributed by atoms with Crippen molar-refractivity contribution >= 4 is 23.8 Å². The quantitative estimate of drug-likeness (QED) is 0.383. The molecule has 3 N–H and O–H groups in total. The van der Waals surface area contributed by atoms with E-state index in [4.69, 9.17) is 14.6 Å². The first kappa shape index (κ1) is 22.9. The van der Waals surface area contributed by atoms with Crippen molar-refractivity contribution in [1.82, 2.24) is 15.6 Å². The minimum Gasteiger partial charge on any atom is -0.481 e. The molecule has 1 aliphatic rings. The molecule has 0 unspecified atom stereocenters. The number of nitrogens with one attached hydrogen (secondary N) is 2. The van der Waals surface area contributed by atoms with Gasteiger partial charge in [0.05, 0.1) is 19.6 Å². The Bertz CT molecular complexity index is 1150. The number of carbonyl (C=O) groups is 3. The van der Waals surface area contributed by atoms with Gasteiger partial charge in [0, 0.05) is 12.5 Å². The highest BCUT2D eigenvalue weighted by Gasteiger charge is 2.29. The number of hydrogen-bond donors (Lipinski definition) is 3. The molecule has 0 radical (unpaired) electrons. The number of benzene rings is 2. The van der Waals surface area contributed by atoms with Gasteiger partial charge in [0.1, 0.15) is 6.61 Å². The SMILES string of the molecule is O=C(O)CCOCCNC(=O)c1nonc1NC(=O)OCC1c2ccccc2-c2ccccc21. The first-order valence-electron chi connectivity index (χ1n) is 10.6. The minimum absolute atomic E-state index is 0.0330. The Morgan fingerprint density at radius 1 is 0.971 bits per heavy atom. The van der Waals surface area contributed by atoms with E-state index in [1.807, 2.05) is 48.5 Å². The summed E-state index contributed by atoms with van der Waals surface area (Å²) in [6.45, 7) is 0.348. The molecule has 0 atom stereocenters. The average Bonchev–Trinajstić information content (AvgIpc) is 3.42. The van der Waals surface area contributed by atoms with Crippen LogP contribution in [0.2, 0.25) is 0 Å². The predicted octanol–water partition coefficient (Wildman–Crippen LogP) is 2.65. The number of carboxylic acids is 1. The molecule has 1 aliphatic carbocycles. The molecule has 0 spiro atoms. The number of ether oxygens (including phenoxy) is 2. The van der Waals surface area contributed by atoms with Gasteiger partial charge in [0.2, 0.25) is 11.5 Å². The third kappa shape index (κ3) is 5.21. The van der Waals surface area contributed by atoms with Crippen LogP contribution in [0, 0.1) is 0 Å². The summed E-state index contributed by atoms with van der Waals surface area (Å²) in [5, 5.41) is 20.5. The molecule has 0 saturated carbocycles. The number of aliphatic carboxylic acids is 1. The number of hydrogen-bond acceptors (Lipinski definition) is 8. The van der Waals surface area contributed by atoms with Gasteiger partial charge in [-0.25, -0.2) is 9.42 Å². The van der Waals surface area contributed by atoms with E-state index >= 15 is 0 Å². The molecule has 2 amide bonds. The molecule has 11 nitrogen and oxygen atoms in total. The Morgan fingerprint density at radius 3 is 2.32 bits per heavy atom. The van der Waals surface area contributed by atoms with Crippen LogP contribution in [0.25, 0.3) is 11.1 Å². The zero-order valence-electron chi connectivity index (χ0n) is 18.0. The highest BCUT2D eigenvalue weighted by molar-refractivity contribution is 5.99. The molecule has 0 bridgehead atoms. The van der Waals surface area contributed by atoms with E-state index in [0.717, 1.165) is 22.3 Å². The summed E-state index contributed by atoms with van der Waals surface area (Å²) in [5.41, 5.74) is 4.15. The molecule has 11 heteroatoms. The van der Waals surface area contributed by atoms with Crippen molar-refractivity contribution in [1.29, 1.82) is 0 Å². The lowest BCUT2D eigenvalue weighted by molar-refractivity contribution is -0.138. The van der Waals surface area contributed by atoms with Crippen LogP contribution in [-0.2, 0) is 14.3 Å². The van der Waals surface area contributed by atoms with Gasteiger partial charge in [-0.2, -0.15) is 0 Å². The molecule has 3 aromatic rings. The van der Waals surface area contributed by atoms with E-state index < -0.39 is 18.0 Å².